The minimum atomic E-state index is -3.61. The highest BCUT2D eigenvalue weighted by Gasteiger charge is 2.31. The van der Waals surface area contributed by atoms with Gasteiger partial charge in [0.15, 0.2) is 11.5 Å². The van der Waals surface area contributed by atoms with Crippen LogP contribution in [0.5, 0.6) is 11.5 Å². The maximum atomic E-state index is 12.9. The van der Waals surface area contributed by atoms with Crippen molar-refractivity contribution in [2.45, 2.75) is 24.9 Å². The summed E-state index contributed by atoms with van der Waals surface area (Å²) in [6.07, 6.45) is 0. The smallest absolute Gasteiger partial charge is 0.243 e. The molecule has 23 heavy (non-hydrogen) atoms. The number of benzene rings is 1. The van der Waals surface area contributed by atoms with Gasteiger partial charge in [0.25, 0.3) is 0 Å². The normalized spacial score (nSPS) is 17.8. The van der Waals surface area contributed by atoms with Crippen LogP contribution < -0.4 is 9.47 Å². The summed E-state index contributed by atoms with van der Waals surface area (Å²) in [6, 6.07) is 4.71. The number of nitrogens with zero attached hydrogens (tertiary/aromatic N) is 4. The van der Waals surface area contributed by atoms with Crippen molar-refractivity contribution in [1.29, 1.82) is 0 Å². The van der Waals surface area contributed by atoms with E-state index in [4.69, 9.17) is 9.47 Å². The van der Waals surface area contributed by atoms with Gasteiger partial charge >= 0.3 is 0 Å². The number of aryl methyl sites for hydroxylation is 1. The van der Waals surface area contributed by atoms with Gasteiger partial charge in [0.1, 0.15) is 24.9 Å². The van der Waals surface area contributed by atoms with Crippen molar-refractivity contribution in [3.8, 4) is 11.5 Å². The maximum absolute atomic E-state index is 12.9. The Kier molecular flexibility index (Phi) is 3.27. The van der Waals surface area contributed by atoms with Crippen LogP contribution in [-0.2, 0) is 23.1 Å². The molecule has 9 heteroatoms. The van der Waals surface area contributed by atoms with Crippen LogP contribution in [0.25, 0.3) is 0 Å². The Bertz CT molecular complexity index is 862. The summed E-state index contributed by atoms with van der Waals surface area (Å²) in [5.41, 5.74) is 0. The molecule has 0 fully saturated rings. The van der Waals surface area contributed by atoms with Crippen LogP contribution in [0.4, 0.5) is 0 Å². The first-order valence-electron chi connectivity index (χ1n) is 7.34. The number of rotatable bonds is 2. The zero-order valence-electron chi connectivity index (χ0n) is 12.6. The number of aromatic nitrogens is 3. The summed E-state index contributed by atoms with van der Waals surface area (Å²) >= 11 is 0. The lowest BCUT2D eigenvalue weighted by molar-refractivity contribution is 0.171. The molecule has 0 N–H and O–H groups in total. The average Bonchev–Trinajstić information content (AvgIpc) is 2.95. The molecule has 1 aromatic carbocycles. The Balaban J connectivity index is 1.66. The Morgan fingerprint density at radius 1 is 1.09 bits per heavy atom. The minimum absolute atomic E-state index is 0.200. The number of fused-ring (bicyclic) bond motifs is 2. The lowest BCUT2D eigenvalue weighted by atomic mass is 10.3. The summed E-state index contributed by atoms with van der Waals surface area (Å²) < 4.78 is 40.0. The third-order valence-electron chi connectivity index (χ3n) is 4.05. The van der Waals surface area contributed by atoms with Gasteiger partial charge in [-0.05, 0) is 19.1 Å². The fraction of sp³-hybridized carbons (Fsp3) is 0.429. The van der Waals surface area contributed by atoms with Crippen molar-refractivity contribution in [2.75, 3.05) is 19.8 Å². The summed E-state index contributed by atoms with van der Waals surface area (Å²) in [5.74, 6) is 2.50. The van der Waals surface area contributed by atoms with Crippen LogP contribution in [0.15, 0.2) is 23.1 Å². The number of hydrogen-bond donors (Lipinski definition) is 0. The highest BCUT2D eigenvalue weighted by Crippen LogP contribution is 2.33. The molecule has 0 unspecified atom stereocenters. The maximum Gasteiger partial charge on any atom is 0.243 e. The summed E-state index contributed by atoms with van der Waals surface area (Å²) in [6.45, 7) is 3.92. The predicted octanol–water partition coefficient (Wildman–Crippen LogP) is 0.562. The van der Waals surface area contributed by atoms with Gasteiger partial charge < -0.3 is 14.0 Å². The Morgan fingerprint density at radius 3 is 2.70 bits per heavy atom. The van der Waals surface area contributed by atoms with Gasteiger partial charge in [-0.15, -0.1) is 10.2 Å². The summed E-state index contributed by atoms with van der Waals surface area (Å²) in [7, 11) is -3.61. The highest BCUT2D eigenvalue weighted by molar-refractivity contribution is 7.89. The summed E-state index contributed by atoms with van der Waals surface area (Å²) in [5, 5.41) is 8.05. The molecule has 3 heterocycles. The van der Waals surface area contributed by atoms with E-state index in [0.29, 0.717) is 43.6 Å². The second-order valence-corrected chi connectivity index (χ2v) is 7.40. The average molecular weight is 336 g/mol. The lowest BCUT2D eigenvalue weighted by Crippen LogP contribution is -2.38. The fourth-order valence-electron chi connectivity index (χ4n) is 2.82. The molecule has 0 radical (unpaired) electrons. The van der Waals surface area contributed by atoms with E-state index in [-0.39, 0.29) is 11.4 Å². The van der Waals surface area contributed by atoms with Gasteiger partial charge in [0.05, 0.1) is 11.4 Å². The van der Waals surface area contributed by atoms with Gasteiger partial charge in [-0.3, -0.25) is 0 Å². The number of sulfonamides is 1. The van der Waals surface area contributed by atoms with Crippen LogP contribution >= 0.6 is 0 Å². The lowest BCUT2D eigenvalue weighted by Gasteiger charge is -2.27. The molecule has 1 aromatic heterocycles. The van der Waals surface area contributed by atoms with Gasteiger partial charge in [0, 0.05) is 19.2 Å². The van der Waals surface area contributed by atoms with Crippen LogP contribution in [-0.4, -0.2) is 47.2 Å². The molecular weight excluding hydrogens is 320 g/mol. The zero-order chi connectivity index (χ0) is 16.0. The highest BCUT2D eigenvalue weighted by atomic mass is 32.2. The minimum Gasteiger partial charge on any atom is -0.486 e. The quantitative estimate of drug-likeness (QED) is 0.796. The van der Waals surface area contributed by atoms with E-state index in [2.05, 4.69) is 10.2 Å². The van der Waals surface area contributed by atoms with Crippen LogP contribution in [0.1, 0.15) is 11.6 Å². The molecule has 0 saturated heterocycles. The van der Waals surface area contributed by atoms with E-state index < -0.39 is 10.0 Å². The predicted molar refractivity (Wildman–Crippen MR) is 79.8 cm³/mol. The molecule has 2 aliphatic rings. The van der Waals surface area contributed by atoms with E-state index in [1.165, 1.54) is 10.4 Å². The van der Waals surface area contributed by atoms with E-state index in [9.17, 15) is 8.42 Å². The Labute approximate surface area is 133 Å². The molecule has 8 nitrogen and oxygen atoms in total. The van der Waals surface area contributed by atoms with E-state index >= 15 is 0 Å². The van der Waals surface area contributed by atoms with Crippen molar-refractivity contribution in [1.82, 2.24) is 19.1 Å². The van der Waals surface area contributed by atoms with Crippen molar-refractivity contribution < 1.29 is 17.9 Å². The van der Waals surface area contributed by atoms with Crippen molar-refractivity contribution in [2.24, 2.45) is 0 Å². The van der Waals surface area contributed by atoms with Crippen LogP contribution in [0.3, 0.4) is 0 Å². The second kappa shape index (κ2) is 5.20. The monoisotopic (exact) mass is 336 g/mol. The number of hydrogen-bond acceptors (Lipinski definition) is 6. The third kappa shape index (κ3) is 2.36. The van der Waals surface area contributed by atoms with Gasteiger partial charge in [-0.25, -0.2) is 8.42 Å². The molecule has 0 amide bonds. The molecule has 0 aliphatic carbocycles. The van der Waals surface area contributed by atoms with Gasteiger partial charge in [0.2, 0.25) is 10.0 Å². The van der Waals surface area contributed by atoms with Gasteiger partial charge in [-0.1, -0.05) is 0 Å². The molecule has 0 saturated carbocycles. The standard InChI is InChI=1S/C14H16N4O4S/c1-10-15-16-14-9-17(4-5-18(10)14)23(19,20)11-2-3-12-13(8-11)22-7-6-21-12/h2-3,8H,4-7,9H2,1H3. The van der Waals surface area contributed by atoms with Crippen molar-refractivity contribution in [3.05, 3.63) is 29.8 Å². The molecular formula is C14H16N4O4S. The Hall–Kier alpha value is -2.13. The molecule has 122 valence electrons. The second-order valence-electron chi connectivity index (χ2n) is 5.46. The molecule has 4 rings (SSSR count). The Morgan fingerprint density at radius 2 is 1.87 bits per heavy atom. The molecule has 2 aromatic rings. The van der Waals surface area contributed by atoms with E-state index in [1.54, 1.807) is 12.1 Å². The first kappa shape index (κ1) is 14.5. The van der Waals surface area contributed by atoms with Crippen molar-refractivity contribution >= 4 is 10.0 Å². The first-order valence-corrected chi connectivity index (χ1v) is 8.78. The largest absolute Gasteiger partial charge is 0.486 e. The first-order chi connectivity index (χ1) is 11.1. The zero-order valence-corrected chi connectivity index (χ0v) is 13.4. The topological polar surface area (TPSA) is 86.6 Å². The molecule has 0 bridgehead atoms. The van der Waals surface area contributed by atoms with Crippen molar-refractivity contribution in [3.63, 3.8) is 0 Å². The third-order valence-corrected chi connectivity index (χ3v) is 5.90. The van der Waals surface area contributed by atoms with Crippen LogP contribution in [0.2, 0.25) is 0 Å². The van der Waals surface area contributed by atoms with E-state index in [1.807, 2.05) is 11.5 Å². The van der Waals surface area contributed by atoms with E-state index in [0.717, 1.165) is 5.82 Å². The molecule has 2 aliphatic heterocycles. The molecule has 0 spiro atoms. The van der Waals surface area contributed by atoms with Gasteiger partial charge in [-0.2, -0.15) is 4.31 Å². The summed E-state index contributed by atoms with van der Waals surface area (Å²) in [4.78, 5) is 0.200. The SMILES string of the molecule is Cc1nnc2n1CCN(S(=O)(=O)c1ccc3c(c1)OCCO3)C2. The van der Waals surface area contributed by atoms with Crippen LogP contribution in [0, 0.1) is 6.92 Å². The number of ether oxygens (including phenoxy) is 2. The fourth-order valence-corrected chi connectivity index (χ4v) is 4.22. The molecule has 0 atom stereocenters.